The van der Waals surface area contributed by atoms with Crippen molar-refractivity contribution in [1.82, 2.24) is 9.97 Å². The first kappa shape index (κ1) is 13.6. The zero-order chi connectivity index (χ0) is 14.0. The molecule has 0 amide bonds. The second-order valence-corrected chi connectivity index (χ2v) is 5.64. The Balaban J connectivity index is 1.65. The van der Waals surface area contributed by atoms with Crippen LogP contribution in [0.25, 0.3) is 0 Å². The van der Waals surface area contributed by atoms with Gasteiger partial charge in [0.1, 0.15) is 12.1 Å². The fraction of sp³-hybridized carbons (Fsp3) is 0.733. The molecule has 0 radical (unpaired) electrons. The summed E-state index contributed by atoms with van der Waals surface area (Å²) >= 11 is 0. The van der Waals surface area contributed by atoms with Gasteiger partial charge in [0.05, 0.1) is 12.7 Å². The molecule has 3 rings (SSSR count). The van der Waals surface area contributed by atoms with Gasteiger partial charge in [0.2, 0.25) is 5.88 Å². The average molecular weight is 277 g/mol. The molecule has 0 aliphatic heterocycles. The number of hydrogen-bond donors (Lipinski definition) is 1. The van der Waals surface area contributed by atoms with Crippen molar-refractivity contribution < 1.29 is 9.47 Å². The summed E-state index contributed by atoms with van der Waals surface area (Å²) in [5.74, 6) is 1.49. The highest BCUT2D eigenvalue weighted by molar-refractivity contribution is 5.40. The van der Waals surface area contributed by atoms with Crippen molar-refractivity contribution in [3.8, 4) is 5.88 Å². The number of aromatic nitrogens is 2. The smallest absolute Gasteiger partial charge is 0.218 e. The first-order chi connectivity index (χ1) is 9.78. The third-order valence-electron chi connectivity index (χ3n) is 4.69. The summed E-state index contributed by atoms with van der Waals surface area (Å²) < 4.78 is 11.3. The molecule has 0 saturated heterocycles. The number of hydrogen-bond acceptors (Lipinski definition) is 5. The molecule has 1 N–H and O–H groups in total. The molecule has 5 heteroatoms. The minimum atomic E-state index is 0.340. The van der Waals surface area contributed by atoms with E-state index in [0.717, 1.165) is 18.8 Å². The van der Waals surface area contributed by atoms with Gasteiger partial charge in [-0.1, -0.05) is 6.42 Å². The van der Waals surface area contributed by atoms with Crippen molar-refractivity contribution in [3.63, 3.8) is 0 Å². The summed E-state index contributed by atoms with van der Waals surface area (Å²) in [7, 11) is 0. The lowest BCUT2D eigenvalue weighted by Gasteiger charge is -2.61. The maximum absolute atomic E-state index is 5.87. The molecule has 2 fully saturated rings. The summed E-state index contributed by atoms with van der Waals surface area (Å²) in [5, 5.41) is 3.55. The molecule has 5 nitrogen and oxygen atoms in total. The van der Waals surface area contributed by atoms with Gasteiger partial charge in [-0.2, -0.15) is 0 Å². The van der Waals surface area contributed by atoms with Crippen molar-refractivity contribution >= 4 is 5.82 Å². The van der Waals surface area contributed by atoms with E-state index < -0.39 is 0 Å². The number of ether oxygens (including phenoxy) is 2. The van der Waals surface area contributed by atoms with Crippen LogP contribution in [0.2, 0.25) is 0 Å². The topological polar surface area (TPSA) is 56.3 Å². The number of nitrogens with one attached hydrogen (secondary N) is 1. The van der Waals surface area contributed by atoms with Crippen molar-refractivity contribution in [3.05, 3.63) is 12.4 Å². The van der Waals surface area contributed by atoms with Gasteiger partial charge < -0.3 is 14.8 Å². The van der Waals surface area contributed by atoms with Crippen LogP contribution in [0, 0.1) is 5.41 Å². The standard InChI is InChI=1S/C15H23N3O2/c1-3-19-12-8-11(15(12)6-5-7-15)18-13-9-14(20-4-2)17-10-16-13/h9-12H,3-8H2,1-2H3,(H,16,17,18). The largest absolute Gasteiger partial charge is 0.478 e. The Morgan fingerprint density at radius 3 is 2.80 bits per heavy atom. The van der Waals surface area contributed by atoms with Crippen LogP contribution >= 0.6 is 0 Å². The summed E-state index contributed by atoms with van der Waals surface area (Å²) in [4.78, 5) is 8.39. The van der Waals surface area contributed by atoms with E-state index >= 15 is 0 Å². The third kappa shape index (κ3) is 2.24. The number of anilines is 1. The molecule has 2 aliphatic rings. The maximum Gasteiger partial charge on any atom is 0.218 e. The third-order valence-corrected chi connectivity index (χ3v) is 4.69. The number of rotatable bonds is 6. The van der Waals surface area contributed by atoms with Gasteiger partial charge in [-0.15, -0.1) is 0 Å². The highest BCUT2D eigenvalue weighted by Gasteiger charge is 2.59. The molecule has 2 saturated carbocycles. The van der Waals surface area contributed by atoms with E-state index in [1.165, 1.54) is 19.3 Å². The Kier molecular flexibility index (Phi) is 3.78. The van der Waals surface area contributed by atoms with E-state index in [9.17, 15) is 0 Å². The van der Waals surface area contributed by atoms with Crippen LogP contribution in [0.1, 0.15) is 39.5 Å². The van der Waals surface area contributed by atoms with E-state index in [4.69, 9.17) is 9.47 Å². The second kappa shape index (κ2) is 5.56. The molecule has 110 valence electrons. The normalized spacial score (nSPS) is 26.7. The van der Waals surface area contributed by atoms with Crippen molar-refractivity contribution in [2.45, 2.75) is 51.7 Å². The minimum Gasteiger partial charge on any atom is -0.478 e. The van der Waals surface area contributed by atoms with E-state index in [1.807, 2.05) is 13.0 Å². The van der Waals surface area contributed by atoms with Crippen LogP contribution in [0.4, 0.5) is 5.82 Å². The number of nitrogens with zero attached hydrogens (tertiary/aromatic N) is 2. The van der Waals surface area contributed by atoms with Gasteiger partial charge >= 0.3 is 0 Å². The molecule has 2 unspecified atom stereocenters. The quantitative estimate of drug-likeness (QED) is 0.866. The Labute approximate surface area is 120 Å². The van der Waals surface area contributed by atoms with Crippen LogP contribution in [-0.4, -0.2) is 35.3 Å². The summed E-state index contributed by atoms with van der Waals surface area (Å²) in [6, 6.07) is 2.35. The zero-order valence-electron chi connectivity index (χ0n) is 12.3. The zero-order valence-corrected chi connectivity index (χ0v) is 12.3. The van der Waals surface area contributed by atoms with Crippen LogP contribution in [0.5, 0.6) is 5.88 Å². The fourth-order valence-corrected chi connectivity index (χ4v) is 3.46. The van der Waals surface area contributed by atoms with Crippen LogP contribution in [-0.2, 0) is 4.74 Å². The monoisotopic (exact) mass is 277 g/mol. The van der Waals surface area contributed by atoms with Gasteiger partial charge in [-0.25, -0.2) is 9.97 Å². The SMILES string of the molecule is CCOc1cc(NC2CC(OCC)C23CCC3)ncn1. The molecule has 20 heavy (non-hydrogen) atoms. The molecule has 2 aliphatic carbocycles. The average Bonchev–Trinajstić information content (AvgIpc) is 2.36. The Hall–Kier alpha value is -1.36. The molecule has 1 spiro atoms. The van der Waals surface area contributed by atoms with Crippen LogP contribution in [0.15, 0.2) is 12.4 Å². The first-order valence-electron chi connectivity index (χ1n) is 7.61. The van der Waals surface area contributed by atoms with Crippen LogP contribution in [0.3, 0.4) is 0 Å². The van der Waals surface area contributed by atoms with E-state index in [0.29, 0.717) is 30.0 Å². The van der Waals surface area contributed by atoms with Crippen molar-refractivity contribution in [1.29, 1.82) is 0 Å². The van der Waals surface area contributed by atoms with Crippen molar-refractivity contribution in [2.24, 2.45) is 5.41 Å². The fourth-order valence-electron chi connectivity index (χ4n) is 3.46. The molecule has 1 aromatic rings. The molecule has 1 aromatic heterocycles. The van der Waals surface area contributed by atoms with Gasteiger partial charge in [0.25, 0.3) is 0 Å². The van der Waals surface area contributed by atoms with Crippen molar-refractivity contribution in [2.75, 3.05) is 18.5 Å². The first-order valence-corrected chi connectivity index (χ1v) is 7.61. The molecule has 0 aromatic carbocycles. The molecular weight excluding hydrogens is 254 g/mol. The van der Waals surface area contributed by atoms with Gasteiger partial charge in [0, 0.05) is 24.1 Å². The predicted molar refractivity (Wildman–Crippen MR) is 76.9 cm³/mol. The van der Waals surface area contributed by atoms with E-state index in [2.05, 4.69) is 22.2 Å². The summed E-state index contributed by atoms with van der Waals surface area (Å²) in [6.45, 7) is 5.46. The second-order valence-electron chi connectivity index (χ2n) is 5.64. The minimum absolute atomic E-state index is 0.340. The maximum atomic E-state index is 5.87. The lowest BCUT2D eigenvalue weighted by Crippen LogP contribution is -2.64. The Bertz CT molecular complexity index is 462. The predicted octanol–water partition coefficient (Wildman–Crippen LogP) is 2.63. The van der Waals surface area contributed by atoms with E-state index in [-0.39, 0.29) is 0 Å². The summed E-state index contributed by atoms with van der Waals surface area (Å²) in [5.41, 5.74) is 0.340. The van der Waals surface area contributed by atoms with Gasteiger partial charge in [-0.3, -0.25) is 0 Å². The molecular formula is C15H23N3O2. The Morgan fingerprint density at radius 2 is 2.15 bits per heavy atom. The lowest BCUT2D eigenvalue weighted by atomic mass is 9.51. The Morgan fingerprint density at radius 1 is 1.30 bits per heavy atom. The molecule has 1 heterocycles. The van der Waals surface area contributed by atoms with Gasteiger partial charge in [-0.05, 0) is 33.1 Å². The van der Waals surface area contributed by atoms with E-state index in [1.54, 1.807) is 6.33 Å². The molecule has 2 atom stereocenters. The highest BCUT2D eigenvalue weighted by Crippen LogP contribution is 2.58. The summed E-state index contributed by atoms with van der Waals surface area (Å²) in [6.07, 6.45) is 6.89. The van der Waals surface area contributed by atoms with Gasteiger partial charge in [0.15, 0.2) is 0 Å². The molecule has 0 bridgehead atoms. The highest BCUT2D eigenvalue weighted by atomic mass is 16.5. The van der Waals surface area contributed by atoms with Crippen LogP contribution < -0.4 is 10.1 Å². The lowest BCUT2D eigenvalue weighted by molar-refractivity contribution is -0.157.